The van der Waals surface area contributed by atoms with Crippen LogP contribution in [0, 0.1) is 6.92 Å². The van der Waals surface area contributed by atoms with Crippen molar-refractivity contribution in [3.63, 3.8) is 0 Å². The first kappa shape index (κ1) is 11.1. The molecule has 2 aromatic rings. The Kier molecular flexibility index (Phi) is 3.25. The molecule has 0 radical (unpaired) electrons. The molecule has 0 N–H and O–H groups in total. The molecule has 1 aliphatic heterocycles. The molecule has 1 fully saturated rings. The Morgan fingerprint density at radius 1 is 1.31 bits per heavy atom. The van der Waals surface area contributed by atoms with Gasteiger partial charge in [-0.25, -0.2) is 4.52 Å². The van der Waals surface area contributed by atoms with Crippen molar-refractivity contribution in [2.24, 2.45) is 0 Å². The van der Waals surface area contributed by atoms with Crippen molar-refractivity contribution in [2.75, 3.05) is 13.2 Å². The molecule has 86 valence electrons. The van der Waals surface area contributed by atoms with Gasteiger partial charge in [0.25, 0.3) is 0 Å². The molecule has 3 rings (SSSR count). The van der Waals surface area contributed by atoms with Crippen molar-refractivity contribution in [1.29, 1.82) is 0 Å². The van der Waals surface area contributed by atoms with Gasteiger partial charge in [0.15, 0.2) is 0 Å². The van der Waals surface area contributed by atoms with E-state index in [9.17, 15) is 0 Å². The molecular weight excluding hydrogens is 200 g/mol. The van der Waals surface area contributed by atoms with Gasteiger partial charge >= 0.3 is 0 Å². The molecule has 2 aromatic heterocycles. The van der Waals surface area contributed by atoms with Crippen LogP contribution < -0.4 is 0 Å². The average Bonchev–Trinajstić information content (AvgIpc) is 2.61. The largest absolute Gasteiger partial charge is 0.380 e. The molecule has 3 heterocycles. The highest BCUT2D eigenvalue weighted by Crippen LogP contribution is 2.24. The van der Waals surface area contributed by atoms with E-state index >= 15 is 0 Å². The van der Waals surface area contributed by atoms with E-state index in [2.05, 4.69) is 30.4 Å². The van der Waals surface area contributed by atoms with Gasteiger partial charge in [0.2, 0.25) is 0 Å². The van der Waals surface area contributed by atoms with Crippen LogP contribution in [-0.2, 0) is 4.74 Å². The molecule has 1 saturated heterocycles. The Labute approximate surface area is 96.0 Å². The van der Waals surface area contributed by atoms with Crippen LogP contribution in [0.5, 0.6) is 0 Å². The predicted molar refractivity (Wildman–Crippen MR) is 64.8 cm³/mol. The van der Waals surface area contributed by atoms with Gasteiger partial charge < -0.3 is 4.74 Å². The second-order valence-corrected chi connectivity index (χ2v) is 3.85. The number of rotatable bonds is 1. The number of ether oxygens (including phenoxy) is 1. The Bertz CT molecular complexity index is 472. The summed E-state index contributed by atoms with van der Waals surface area (Å²) in [5.74, 6) is 0.573. The maximum atomic E-state index is 5.18. The SMILES string of the molecule is CC.Cc1cnn2cc(C3COC3)ccc12. The van der Waals surface area contributed by atoms with Crippen LogP contribution in [0.2, 0.25) is 0 Å². The molecule has 0 amide bonds. The lowest BCUT2D eigenvalue weighted by molar-refractivity contribution is 0.00824. The summed E-state index contributed by atoms with van der Waals surface area (Å²) in [5, 5.41) is 4.30. The number of pyridine rings is 1. The number of aromatic nitrogens is 2. The number of hydrogen-bond donors (Lipinski definition) is 0. The summed E-state index contributed by atoms with van der Waals surface area (Å²) >= 11 is 0. The van der Waals surface area contributed by atoms with E-state index in [1.807, 2.05) is 24.6 Å². The smallest absolute Gasteiger partial charge is 0.0690 e. The van der Waals surface area contributed by atoms with Crippen LogP contribution in [0.15, 0.2) is 24.5 Å². The molecule has 0 saturated carbocycles. The summed E-state index contributed by atoms with van der Waals surface area (Å²) in [6.07, 6.45) is 4.01. The Morgan fingerprint density at radius 2 is 2.06 bits per heavy atom. The highest BCUT2D eigenvalue weighted by molar-refractivity contribution is 5.53. The van der Waals surface area contributed by atoms with E-state index in [1.165, 1.54) is 16.6 Å². The van der Waals surface area contributed by atoms with Crippen molar-refractivity contribution in [3.8, 4) is 0 Å². The molecule has 0 unspecified atom stereocenters. The molecule has 0 aromatic carbocycles. The van der Waals surface area contributed by atoms with Gasteiger partial charge in [-0.05, 0) is 24.1 Å². The Balaban J connectivity index is 0.000000457. The fourth-order valence-corrected chi connectivity index (χ4v) is 1.80. The van der Waals surface area contributed by atoms with Crippen LogP contribution in [0.4, 0.5) is 0 Å². The van der Waals surface area contributed by atoms with Crippen LogP contribution in [-0.4, -0.2) is 22.8 Å². The van der Waals surface area contributed by atoms with Gasteiger partial charge in [-0.2, -0.15) is 5.10 Å². The lowest BCUT2D eigenvalue weighted by atomic mass is 9.99. The van der Waals surface area contributed by atoms with E-state index in [4.69, 9.17) is 4.74 Å². The first-order valence-electron chi connectivity index (χ1n) is 5.86. The molecule has 0 spiro atoms. The van der Waals surface area contributed by atoms with Gasteiger partial charge in [0.05, 0.1) is 24.9 Å². The zero-order valence-electron chi connectivity index (χ0n) is 10.1. The van der Waals surface area contributed by atoms with E-state index in [0.717, 1.165) is 13.2 Å². The van der Waals surface area contributed by atoms with Gasteiger partial charge in [-0.15, -0.1) is 0 Å². The topological polar surface area (TPSA) is 26.5 Å². The molecule has 0 atom stereocenters. The monoisotopic (exact) mass is 218 g/mol. The zero-order chi connectivity index (χ0) is 11.5. The van der Waals surface area contributed by atoms with Gasteiger partial charge in [0, 0.05) is 12.1 Å². The minimum Gasteiger partial charge on any atom is -0.380 e. The van der Waals surface area contributed by atoms with Gasteiger partial charge in [-0.3, -0.25) is 0 Å². The number of fused-ring (bicyclic) bond motifs is 1. The second kappa shape index (κ2) is 4.66. The summed E-state index contributed by atoms with van der Waals surface area (Å²) in [5.41, 5.74) is 3.74. The third-order valence-electron chi connectivity index (χ3n) is 2.84. The van der Waals surface area contributed by atoms with Crippen molar-refractivity contribution in [1.82, 2.24) is 9.61 Å². The maximum absolute atomic E-state index is 5.18. The van der Waals surface area contributed by atoms with E-state index in [-0.39, 0.29) is 0 Å². The minimum atomic E-state index is 0.573. The van der Waals surface area contributed by atoms with Crippen molar-refractivity contribution < 1.29 is 4.74 Å². The predicted octanol–water partition coefficient (Wildman–Crippen LogP) is 2.78. The highest BCUT2D eigenvalue weighted by Gasteiger charge is 2.20. The first-order chi connectivity index (χ1) is 7.84. The lowest BCUT2D eigenvalue weighted by Gasteiger charge is -2.26. The number of nitrogens with zero attached hydrogens (tertiary/aromatic N) is 2. The molecular formula is C13H18N2O. The summed E-state index contributed by atoms with van der Waals surface area (Å²) in [7, 11) is 0. The number of hydrogen-bond acceptors (Lipinski definition) is 2. The van der Waals surface area contributed by atoms with Crippen LogP contribution in [0.3, 0.4) is 0 Å². The molecule has 0 bridgehead atoms. The zero-order valence-corrected chi connectivity index (χ0v) is 10.1. The number of aryl methyl sites for hydroxylation is 1. The highest BCUT2D eigenvalue weighted by atomic mass is 16.5. The maximum Gasteiger partial charge on any atom is 0.0690 e. The van der Waals surface area contributed by atoms with Crippen molar-refractivity contribution in [3.05, 3.63) is 35.7 Å². The van der Waals surface area contributed by atoms with E-state index in [0.29, 0.717) is 5.92 Å². The normalized spacial score (nSPS) is 15.4. The fraction of sp³-hybridized carbons (Fsp3) is 0.462. The Hall–Kier alpha value is -1.35. The van der Waals surface area contributed by atoms with Crippen LogP contribution in [0.25, 0.3) is 5.52 Å². The quantitative estimate of drug-likeness (QED) is 0.735. The molecule has 3 heteroatoms. The standard InChI is InChI=1S/C11H12N2O.C2H6/c1-8-4-12-13-5-9(2-3-11(8)13)10-6-14-7-10;1-2/h2-5,10H,6-7H2,1H3;1-2H3. The van der Waals surface area contributed by atoms with Crippen LogP contribution in [0.1, 0.15) is 30.9 Å². The Morgan fingerprint density at radius 3 is 2.69 bits per heavy atom. The van der Waals surface area contributed by atoms with E-state index in [1.54, 1.807) is 0 Å². The first-order valence-corrected chi connectivity index (χ1v) is 5.86. The third kappa shape index (κ3) is 1.83. The fourth-order valence-electron chi connectivity index (χ4n) is 1.80. The summed E-state index contributed by atoms with van der Waals surface area (Å²) in [6.45, 7) is 7.78. The van der Waals surface area contributed by atoms with E-state index < -0.39 is 0 Å². The average molecular weight is 218 g/mol. The summed E-state index contributed by atoms with van der Waals surface area (Å²) < 4.78 is 7.12. The van der Waals surface area contributed by atoms with Crippen molar-refractivity contribution in [2.45, 2.75) is 26.7 Å². The molecule has 1 aliphatic rings. The second-order valence-electron chi connectivity index (χ2n) is 3.85. The molecule has 3 nitrogen and oxygen atoms in total. The third-order valence-corrected chi connectivity index (χ3v) is 2.84. The van der Waals surface area contributed by atoms with Crippen molar-refractivity contribution >= 4 is 5.52 Å². The minimum absolute atomic E-state index is 0.573. The molecule has 16 heavy (non-hydrogen) atoms. The lowest BCUT2D eigenvalue weighted by Crippen LogP contribution is -2.25. The molecule has 0 aliphatic carbocycles. The van der Waals surface area contributed by atoms with Gasteiger partial charge in [-0.1, -0.05) is 19.9 Å². The summed E-state index contributed by atoms with van der Waals surface area (Å²) in [6, 6.07) is 4.31. The van der Waals surface area contributed by atoms with Crippen LogP contribution >= 0.6 is 0 Å². The van der Waals surface area contributed by atoms with Gasteiger partial charge in [0.1, 0.15) is 0 Å². The summed E-state index contributed by atoms with van der Waals surface area (Å²) in [4.78, 5) is 0.